The van der Waals surface area contributed by atoms with E-state index >= 15 is 0 Å². The second-order valence-electron chi connectivity index (χ2n) is 4.30. The number of amides is 1. The Morgan fingerprint density at radius 1 is 1.41 bits per heavy atom. The van der Waals surface area contributed by atoms with E-state index < -0.39 is 17.3 Å². The third-order valence-electron chi connectivity index (χ3n) is 3.03. The van der Waals surface area contributed by atoms with Crippen molar-refractivity contribution in [3.63, 3.8) is 0 Å². The van der Waals surface area contributed by atoms with Crippen LogP contribution in [0.5, 0.6) is 0 Å². The zero-order valence-corrected chi connectivity index (χ0v) is 10.0. The molecule has 1 aromatic carbocycles. The number of aryl methyl sites for hydroxylation is 1. The maximum Gasteiger partial charge on any atom is 0.319 e. The van der Waals surface area contributed by atoms with Crippen LogP contribution < -0.4 is 5.32 Å². The molecule has 0 atom stereocenters. The molecule has 2 N–H and O–H groups in total. The van der Waals surface area contributed by atoms with Crippen molar-refractivity contribution in [3.05, 3.63) is 28.8 Å². The molecule has 1 fully saturated rings. The van der Waals surface area contributed by atoms with Crippen molar-refractivity contribution in [1.82, 2.24) is 0 Å². The molecule has 0 unspecified atom stereocenters. The Kier molecular flexibility index (Phi) is 2.83. The molecule has 4 nitrogen and oxygen atoms in total. The van der Waals surface area contributed by atoms with E-state index in [1.54, 1.807) is 18.2 Å². The topological polar surface area (TPSA) is 66.4 Å². The van der Waals surface area contributed by atoms with Crippen LogP contribution in [0.3, 0.4) is 0 Å². The SMILES string of the molecule is Cc1cc(Cl)ccc1NC(=O)C1(C(=O)O)CC1. The number of hydrogen-bond acceptors (Lipinski definition) is 2. The van der Waals surface area contributed by atoms with Crippen LogP contribution in [0.4, 0.5) is 5.69 Å². The zero-order chi connectivity index (χ0) is 12.6. The first-order chi connectivity index (χ1) is 7.95. The molecule has 2 rings (SSSR count). The van der Waals surface area contributed by atoms with E-state index in [1.807, 2.05) is 6.92 Å². The second-order valence-corrected chi connectivity index (χ2v) is 4.74. The highest BCUT2D eigenvalue weighted by Gasteiger charge is 2.57. The van der Waals surface area contributed by atoms with E-state index in [2.05, 4.69) is 5.32 Å². The minimum atomic E-state index is -1.22. The highest BCUT2D eigenvalue weighted by Crippen LogP contribution is 2.46. The van der Waals surface area contributed by atoms with Gasteiger partial charge in [-0.05, 0) is 43.5 Å². The predicted molar refractivity (Wildman–Crippen MR) is 64.1 cm³/mol. The van der Waals surface area contributed by atoms with Crippen LogP contribution in [0.25, 0.3) is 0 Å². The third-order valence-corrected chi connectivity index (χ3v) is 3.27. The van der Waals surface area contributed by atoms with Gasteiger partial charge in [0.25, 0.3) is 0 Å². The Hall–Kier alpha value is -1.55. The van der Waals surface area contributed by atoms with Gasteiger partial charge in [0.05, 0.1) is 0 Å². The van der Waals surface area contributed by atoms with E-state index in [-0.39, 0.29) is 0 Å². The first kappa shape index (κ1) is 11.9. The molecule has 1 saturated carbocycles. The van der Waals surface area contributed by atoms with Gasteiger partial charge in [0.15, 0.2) is 0 Å². The summed E-state index contributed by atoms with van der Waals surface area (Å²) in [5, 5.41) is 12.2. The molecule has 0 saturated heterocycles. The molecule has 0 bridgehead atoms. The summed E-state index contributed by atoms with van der Waals surface area (Å²) in [7, 11) is 0. The lowest BCUT2D eigenvalue weighted by Crippen LogP contribution is -2.31. The number of carbonyl (C=O) groups is 2. The number of carboxylic acid groups (broad SMARTS) is 1. The monoisotopic (exact) mass is 253 g/mol. The summed E-state index contributed by atoms with van der Waals surface area (Å²) >= 11 is 5.80. The Balaban J connectivity index is 2.17. The molecule has 1 amide bonds. The van der Waals surface area contributed by atoms with Gasteiger partial charge in [-0.1, -0.05) is 11.6 Å². The number of rotatable bonds is 3. The van der Waals surface area contributed by atoms with E-state index in [0.29, 0.717) is 23.6 Å². The number of nitrogens with one attached hydrogen (secondary N) is 1. The van der Waals surface area contributed by atoms with Crippen molar-refractivity contribution in [2.24, 2.45) is 5.41 Å². The standard InChI is InChI=1S/C12H12ClNO3/c1-7-6-8(13)2-3-9(7)14-10(15)12(4-5-12)11(16)17/h2-3,6H,4-5H2,1H3,(H,14,15)(H,16,17). The molecule has 17 heavy (non-hydrogen) atoms. The lowest BCUT2D eigenvalue weighted by molar-refractivity contribution is -0.147. The lowest BCUT2D eigenvalue weighted by Gasteiger charge is -2.12. The summed E-state index contributed by atoms with van der Waals surface area (Å²) < 4.78 is 0. The van der Waals surface area contributed by atoms with Gasteiger partial charge in [-0.25, -0.2) is 0 Å². The van der Waals surface area contributed by atoms with Gasteiger partial charge in [0.1, 0.15) is 5.41 Å². The number of carbonyl (C=O) groups excluding carboxylic acids is 1. The van der Waals surface area contributed by atoms with Gasteiger partial charge in [-0.2, -0.15) is 0 Å². The summed E-state index contributed by atoms with van der Waals surface area (Å²) in [6.07, 6.45) is 0.807. The number of benzene rings is 1. The zero-order valence-electron chi connectivity index (χ0n) is 9.29. The van der Waals surface area contributed by atoms with Crippen LogP contribution in [0.15, 0.2) is 18.2 Å². The fraction of sp³-hybridized carbons (Fsp3) is 0.333. The average Bonchev–Trinajstić information content (AvgIpc) is 3.02. The number of halogens is 1. The first-order valence-electron chi connectivity index (χ1n) is 5.27. The quantitative estimate of drug-likeness (QED) is 0.813. The molecule has 1 aliphatic rings. The highest BCUT2D eigenvalue weighted by molar-refractivity contribution is 6.30. The molecule has 0 aliphatic heterocycles. The summed E-state index contributed by atoms with van der Waals surface area (Å²) in [4.78, 5) is 22.8. The molecule has 0 spiro atoms. The Morgan fingerprint density at radius 2 is 2.06 bits per heavy atom. The van der Waals surface area contributed by atoms with Gasteiger partial charge in [-0.3, -0.25) is 9.59 Å². The van der Waals surface area contributed by atoms with E-state index in [1.165, 1.54) is 0 Å². The van der Waals surface area contributed by atoms with Crippen LogP contribution in [0.1, 0.15) is 18.4 Å². The number of carboxylic acids is 1. The molecule has 90 valence electrons. The van der Waals surface area contributed by atoms with Crippen molar-refractivity contribution < 1.29 is 14.7 Å². The smallest absolute Gasteiger partial charge is 0.319 e. The van der Waals surface area contributed by atoms with Gasteiger partial charge < -0.3 is 10.4 Å². The molecule has 1 aliphatic carbocycles. The van der Waals surface area contributed by atoms with Crippen LogP contribution in [0.2, 0.25) is 5.02 Å². The molecular weight excluding hydrogens is 242 g/mol. The second kappa shape index (κ2) is 4.04. The van der Waals surface area contributed by atoms with Gasteiger partial charge in [0.2, 0.25) is 5.91 Å². The maximum atomic E-state index is 11.9. The van der Waals surface area contributed by atoms with Crippen LogP contribution in [-0.4, -0.2) is 17.0 Å². The molecular formula is C12H12ClNO3. The molecule has 0 heterocycles. The fourth-order valence-corrected chi connectivity index (χ4v) is 1.90. The normalized spacial score (nSPS) is 16.4. The number of anilines is 1. The van der Waals surface area contributed by atoms with Gasteiger partial charge >= 0.3 is 5.97 Å². The molecule has 5 heteroatoms. The van der Waals surface area contributed by atoms with Crippen molar-refractivity contribution in [2.75, 3.05) is 5.32 Å². The lowest BCUT2D eigenvalue weighted by atomic mass is 10.1. The van der Waals surface area contributed by atoms with Crippen LogP contribution in [0, 0.1) is 12.3 Å². The van der Waals surface area contributed by atoms with Crippen LogP contribution >= 0.6 is 11.6 Å². The predicted octanol–water partition coefficient (Wildman–Crippen LogP) is 2.45. The molecule has 0 radical (unpaired) electrons. The van der Waals surface area contributed by atoms with Gasteiger partial charge in [0, 0.05) is 10.7 Å². The number of hydrogen-bond donors (Lipinski definition) is 2. The first-order valence-corrected chi connectivity index (χ1v) is 5.64. The average molecular weight is 254 g/mol. The summed E-state index contributed by atoms with van der Waals surface area (Å²) in [5.41, 5.74) is 0.200. The van der Waals surface area contributed by atoms with E-state index in [9.17, 15) is 9.59 Å². The fourth-order valence-electron chi connectivity index (χ4n) is 1.67. The Bertz CT molecular complexity index is 495. The van der Waals surface area contributed by atoms with Gasteiger partial charge in [-0.15, -0.1) is 0 Å². The van der Waals surface area contributed by atoms with Crippen molar-refractivity contribution in [1.29, 1.82) is 0 Å². The minimum Gasteiger partial charge on any atom is -0.480 e. The van der Waals surface area contributed by atoms with Crippen LogP contribution in [-0.2, 0) is 9.59 Å². The Morgan fingerprint density at radius 3 is 2.53 bits per heavy atom. The van der Waals surface area contributed by atoms with E-state index in [4.69, 9.17) is 16.7 Å². The molecule has 1 aromatic rings. The third kappa shape index (κ3) is 2.13. The molecule has 0 aromatic heterocycles. The minimum absolute atomic E-state index is 0.404. The maximum absolute atomic E-state index is 11.9. The van der Waals surface area contributed by atoms with Crippen molar-refractivity contribution >= 4 is 29.2 Å². The van der Waals surface area contributed by atoms with Crippen molar-refractivity contribution in [3.8, 4) is 0 Å². The van der Waals surface area contributed by atoms with Crippen molar-refractivity contribution in [2.45, 2.75) is 19.8 Å². The summed E-state index contributed by atoms with van der Waals surface area (Å²) in [6.45, 7) is 1.81. The Labute approximate surface area is 104 Å². The summed E-state index contributed by atoms with van der Waals surface area (Å²) in [5.74, 6) is -1.50. The highest BCUT2D eigenvalue weighted by atomic mass is 35.5. The van der Waals surface area contributed by atoms with E-state index in [0.717, 1.165) is 5.56 Å². The summed E-state index contributed by atoms with van der Waals surface area (Å²) in [6, 6.07) is 5.05. The number of aliphatic carboxylic acids is 1. The largest absolute Gasteiger partial charge is 0.480 e.